The fourth-order valence-electron chi connectivity index (χ4n) is 0. The Morgan fingerprint density at radius 3 is 0.318 bits per heavy atom. The molecule has 0 radical (unpaired) electrons. The Kier molecular flexibility index (Phi) is 80.2. The maximum absolute atomic E-state index is 8.49. The van der Waals surface area contributed by atoms with Crippen molar-refractivity contribution in [3.8, 4) is 0 Å². The summed E-state index contributed by atoms with van der Waals surface area (Å²) in [7, 11) is -14.8. The van der Waals surface area contributed by atoms with E-state index in [1.54, 1.807) is 0 Å². The molecule has 22 heteroatoms. The van der Waals surface area contributed by atoms with Crippen LogP contribution in [0.3, 0.4) is 0 Å². The number of hydrogen-bond acceptors (Lipinski definition) is 17. The molecule has 0 heterocycles. The van der Waals surface area contributed by atoms with E-state index in [9.17, 15) is 0 Å². The molecule has 0 aliphatic carbocycles. The number of rotatable bonds is 0. The van der Waals surface area contributed by atoms with Gasteiger partial charge in [0.05, 0.1) is 0 Å². The zero-order valence-corrected chi connectivity index (χ0v) is 14.3. The van der Waals surface area contributed by atoms with Crippen LogP contribution in [0.1, 0.15) is 0 Å². The first kappa shape index (κ1) is 66.2. The topological polar surface area (TPSA) is 483 Å². The minimum absolute atomic E-state index is 0. The van der Waals surface area contributed by atoms with E-state index in [1.165, 1.54) is 0 Å². The molecule has 0 aliphatic heterocycles. The Hall–Kier alpha value is 0.773. The largest absolute Gasteiger partial charge is 3.00 e. The van der Waals surface area contributed by atoms with Crippen LogP contribution in [-0.2, 0) is 19.5 Å². The van der Waals surface area contributed by atoms with E-state index >= 15 is 0 Å². The number of halogens is 3. The van der Waals surface area contributed by atoms with E-state index in [1.807, 2.05) is 0 Å². The summed E-state index contributed by atoms with van der Waals surface area (Å²) in [5, 5.41) is 0. The molecule has 150 valence electrons. The van der Waals surface area contributed by atoms with Gasteiger partial charge in [0, 0.05) is 0 Å². The standard InChI is InChI=1S/3ClHO4.5H3N.H2O.Rh/c3*2-1(3,4)5;;;;;;;/h3*(H,2,3,4,5);5*1H3;1H2;/q;;;;;;;;;+3/p-3. The predicted molar refractivity (Wildman–Crippen MR) is 28.7 cm³/mol. The molecule has 18 nitrogen and oxygen atoms in total. The third-order valence-electron chi connectivity index (χ3n) is 0. The molecule has 0 fully saturated rings. The van der Waals surface area contributed by atoms with E-state index < -0.39 is 30.7 Å². The molecular formula is H17Cl3N5O13Rh. The minimum atomic E-state index is -4.94. The van der Waals surface area contributed by atoms with Crippen LogP contribution in [0.15, 0.2) is 0 Å². The van der Waals surface area contributed by atoms with Gasteiger partial charge in [-0.15, -0.1) is 30.7 Å². The Bertz CT molecular complexity index is 109. The van der Waals surface area contributed by atoms with Crippen LogP contribution in [0.4, 0.5) is 0 Å². The molecule has 0 bridgehead atoms. The maximum atomic E-state index is 8.49. The zero-order chi connectivity index (χ0) is 13.5. The van der Waals surface area contributed by atoms with Crippen LogP contribution in [0.5, 0.6) is 0 Å². The van der Waals surface area contributed by atoms with Crippen LogP contribution in [0, 0.1) is 30.7 Å². The van der Waals surface area contributed by atoms with Crippen molar-refractivity contribution < 1.29 is 112 Å². The van der Waals surface area contributed by atoms with Crippen LogP contribution in [0.2, 0.25) is 0 Å². The van der Waals surface area contributed by atoms with Crippen molar-refractivity contribution in [2.45, 2.75) is 0 Å². The molecule has 0 atom stereocenters. The van der Waals surface area contributed by atoms with Gasteiger partial charge in [0.15, 0.2) is 0 Å². The summed E-state index contributed by atoms with van der Waals surface area (Å²) in [6.07, 6.45) is 0. The third-order valence-corrected chi connectivity index (χ3v) is 0. The Labute approximate surface area is 142 Å². The SMILES string of the molecule is N.N.N.N.N.O.[O-][Cl+3]([O-])([O-])[O-].[O-][Cl+3]([O-])([O-])[O-].[O-][Cl+3]([O-])([O-])[O-].[Rh+3]. The Balaban J connectivity index is -0.0000000106. The minimum Gasteiger partial charge on any atom is -0.412 e. The second-order valence-corrected chi connectivity index (χ2v) is 3.40. The van der Waals surface area contributed by atoms with Gasteiger partial charge in [-0.25, -0.2) is 55.9 Å². The summed E-state index contributed by atoms with van der Waals surface area (Å²) in [6.45, 7) is 0. The Morgan fingerprint density at radius 1 is 0.318 bits per heavy atom. The van der Waals surface area contributed by atoms with Crippen molar-refractivity contribution in [2.24, 2.45) is 0 Å². The summed E-state index contributed by atoms with van der Waals surface area (Å²) in [5.74, 6) is 0. The molecule has 0 spiro atoms. The zero-order valence-electron chi connectivity index (χ0n) is 10.4. The first-order valence-electron chi connectivity index (χ1n) is 1.85. The van der Waals surface area contributed by atoms with Gasteiger partial charge < -0.3 is 36.2 Å². The van der Waals surface area contributed by atoms with Crippen molar-refractivity contribution in [1.82, 2.24) is 30.8 Å². The predicted octanol–water partition coefficient (Wildman–Crippen LogP) is -14.3. The van der Waals surface area contributed by atoms with Gasteiger partial charge in [-0.3, -0.25) is 0 Å². The first-order chi connectivity index (χ1) is 6.00. The molecule has 0 saturated carbocycles. The molecule has 0 rings (SSSR count). The molecule has 17 N–H and O–H groups in total. The third kappa shape index (κ3) is 13600. The maximum Gasteiger partial charge on any atom is 3.00 e. The van der Waals surface area contributed by atoms with Crippen LogP contribution >= 0.6 is 0 Å². The fraction of sp³-hybridized carbons (Fsp3) is 0. The average Bonchev–Trinajstić information content (AvgIpc) is 1.41. The van der Waals surface area contributed by atoms with Gasteiger partial charge in [0.2, 0.25) is 0 Å². The van der Waals surface area contributed by atoms with Gasteiger partial charge >= 0.3 is 19.5 Å². The van der Waals surface area contributed by atoms with Crippen LogP contribution in [-0.4, -0.2) is 5.48 Å². The molecule has 0 amide bonds. The van der Waals surface area contributed by atoms with E-state index in [4.69, 9.17) is 55.9 Å². The number of hydrogen-bond donors (Lipinski definition) is 5. The van der Waals surface area contributed by atoms with Gasteiger partial charge in [0.1, 0.15) is 0 Å². The second kappa shape index (κ2) is 26.7. The van der Waals surface area contributed by atoms with Crippen molar-refractivity contribution in [3.05, 3.63) is 0 Å². The van der Waals surface area contributed by atoms with Crippen LogP contribution in [0.25, 0.3) is 0 Å². The average molecular weight is 504 g/mol. The summed E-state index contributed by atoms with van der Waals surface area (Å²) in [6, 6.07) is 0. The van der Waals surface area contributed by atoms with Gasteiger partial charge in [-0.2, -0.15) is 0 Å². The molecule has 0 saturated heterocycles. The molecule has 0 unspecified atom stereocenters. The van der Waals surface area contributed by atoms with Gasteiger partial charge in [-0.05, 0) is 0 Å². The summed E-state index contributed by atoms with van der Waals surface area (Å²) < 4.78 is 102. The summed E-state index contributed by atoms with van der Waals surface area (Å²) in [4.78, 5) is 0. The Morgan fingerprint density at radius 2 is 0.318 bits per heavy atom. The fourth-order valence-corrected chi connectivity index (χ4v) is 0. The second-order valence-electron chi connectivity index (χ2n) is 1.13. The quantitative estimate of drug-likeness (QED) is 0.191. The monoisotopic (exact) mass is 503 g/mol. The molecule has 0 aromatic heterocycles. The van der Waals surface area contributed by atoms with E-state index in [-0.39, 0.29) is 55.7 Å². The molecule has 22 heavy (non-hydrogen) atoms. The van der Waals surface area contributed by atoms with Crippen molar-refractivity contribution in [3.63, 3.8) is 0 Å². The van der Waals surface area contributed by atoms with E-state index in [0.717, 1.165) is 0 Å². The summed E-state index contributed by atoms with van der Waals surface area (Å²) >= 11 is 0. The van der Waals surface area contributed by atoms with Crippen LogP contribution < -0.4 is 86.7 Å². The molecular weight excluding hydrogens is 487 g/mol. The van der Waals surface area contributed by atoms with Crippen molar-refractivity contribution in [2.75, 3.05) is 0 Å². The normalized spacial score (nSPS) is 8.18. The van der Waals surface area contributed by atoms with Gasteiger partial charge in [0.25, 0.3) is 0 Å². The van der Waals surface area contributed by atoms with E-state index in [2.05, 4.69) is 0 Å². The van der Waals surface area contributed by atoms with Crippen molar-refractivity contribution >= 4 is 0 Å². The first-order valence-corrected chi connectivity index (χ1v) is 5.55. The van der Waals surface area contributed by atoms with Gasteiger partial charge in [-0.1, -0.05) is 0 Å². The smallest absolute Gasteiger partial charge is 0.412 e. The molecule has 0 aromatic carbocycles. The molecule has 0 aliphatic rings. The van der Waals surface area contributed by atoms with Crippen molar-refractivity contribution in [1.29, 1.82) is 0 Å². The molecule has 0 aromatic rings. The van der Waals surface area contributed by atoms with E-state index in [0.29, 0.717) is 0 Å². The summed E-state index contributed by atoms with van der Waals surface area (Å²) in [5.41, 5.74) is 0.